The van der Waals surface area contributed by atoms with E-state index in [1.54, 1.807) is 27.9 Å². The van der Waals surface area contributed by atoms with Gasteiger partial charge in [0, 0.05) is 12.7 Å². The number of thioether (sulfide) groups is 1. The Labute approximate surface area is 97.3 Å². The van der Waals surface area contributed by atoms with Crippen LogP contribution in [0.25, 0.3) is 0 Å². The Bertz CT molecular complexity index is 501. The molecule has 6 heteroatoms. The van der Waals surface area contributed by atoms with Crippen LogP contribution in [0.15, 0.2) is 5.16 Å². The monoisotopic (exact) mass is 238 g/mol. The largest absolute Gasteiger partial charge is 0.475 e. The Morgan fingerprint density at radius 3 is 3.06 bits per heavy atom. The van der Waals surface area contributed by atoms with Crippen molar-refractivity contribution in [1.82, 2.24) is 4.57 Å². The lowest BCUT2D eigenvalue weighted by Crippen LogP contribution is -2.28. The number of imidazole rings is 1. The van der Waals surface area contributed by atoms with Gasteiger partial charge in [0.15, 0.2) is 0 Å². The van der Waals surface area contributed by atoms with Gasteiger partial charge < -0.3 is 5.11 Å². The molecule has 0 aromatic carbocycles. The van der Waals surface area contributed by atoms with E-state index in [0.29, 0.717) is 12.1 Å². The van der Waals surface area contributed by atoms with Crippen LogP contribution in [0.2, 0.25) is 0 Å². The summed E-state index contributed by atoms with van der Waals surface area (Å²) in [7, 11) is 1.72. The van der Waals surface area contributed by atoms with E-state index in [4.69, 9.17) is 5.26 Å². The molecule has 1 aliphatic rings. The summed E-state index contributed by atoms with van der Waals surface area (Å²) >= 11 is 1.56. The van der Waals surface area contributed by atoms with Crippen LogP contribution in [0.5, 0.6) is 5.88 Å². The minimum atomic E-state index is -0.176. The van der Waals surface area contributed by atoms with Crippen molar-refractivity contribution in [2.24, 2.45) is 7.05 Å². The predicted octanol–water partition coefficient (Wildman–Crippen LogP) is 0.781. The Kier molecular flexibility index (Phi) is 2.64. The number of aromatic nitrogens is 2. The molecular formula is C10H12N3O2S+. The van der Waals surface area contributed by atoms with Crippen LogP contribution >= 0.6 is 11.8 Å². The lowest BCUT2D eigenvalue weighted by atomic mass is 10.2. The second kappa shape index (κ2) is 3.83. The zero-order valence-corrected chi connectivity index (χ0v) is 9.91. The minimum absolute atomic E-state index is 0.0161. The Balaban J connectivity index is 2.60. The first-order valence-corrected chi connectivity index (χ1v) is 5.90. The van der Waals surface area contributed by atoms with Gasteiger partial charge in [-0.1, -0.05) is 0 Å². The molecule has 0 saturated carbocycles. The molecule has 1 aliphatic heterocycles. The number of carbonyl (C=O) groups is 1. The first kappa shape index (κ1) is 11.0. The molecule has 16 heavy (non-hydrogen) atoms. The van der Waals surface area contributed by atoms with Crippen LogP contribution in [0, 0.1) is 11.3 Å². The van der Waals surface area contributed by atoms with Gasteiger partial charge in [-0.05, 0) is 11.8 Å². The highest BCUT2D eigenvalue weighted by Gasteiger charge is 2.40. The lowest BCUT2D eigenvalue weighted by Gasteiger charge is -2.03. The third-order valence-electron chi connectivity index (χ3n) is 2.69. The van der Waals surface area contributed by atoms with Crippen LogP contribution in [0.1, 0.15) is 29.9 Å². The number of aromatic hydroxyl groups is 1. The van der Waals surface area contributed by atoms with E-state index in [1.165, 1.54) is 6.92 Å². The molecular weight excluding hydrogens is 226 g/mol. The van der Waals surface area contributed by atoms with Gasteiger partial charge in [0.25, 0.3) is 5.69 Å². The highest BCUT2D eigenvalue weighted by molar-refractivity contribution is 7.99. The van der Waals surface area contributed by atoms with Gasteiger partial charge in [-0.25, -0.2) is 4.57 Å². The third-order valence-corrected chi connectivity index (χ3v) is 3.97. The summed E-state index contributed by atoms with van der Waals surface area (Å²) in [4.78, 5) is 11.5. The van der Waals surface area contributed by atoms with Crippen molar-refractivity contribution in [3.63, 3.8) is 0 Å². The summed E-state index contributed by atoms with van der Waals surface area (Å²) in [6, 6.07) is 2.09. The van der Waals surface area contributed by atoms with Gasteiger partial charge >= 0.3 is 11.0 Å². The molecule has 1 N–H and O–H groups in total. The first-order chi connectivity index (χ1) is 7.57. The Morgan fingerprint density at radius 2 is 2.50 bits per heavy atom. The highest BCUT2D eigenvalue weighted by atomic mass is 32.2. The van der Waals surface area contributed by atoms with E-state index in [2.05, 4.69) is 6.07 Å². The molecule has 0 amide bonds. The molecule has 1 unspecified atom stereocenters. The predicted molar refractivity (Wildman–Crippen MR) is 57.3 cm³/mol. The van der Waals surface area contributed by atoms with E-state index in [9.17, 15) is 9.90 Å². The number of carbonyl (C=O) groups excluding carboxylic acids is 1. The number of ketones is 1. The average Bonchev–Trinajstić information content (AvgIpc) is 2.71. The topological polar surface area (TPSA) is 69.9 Å². The molecule has 2 rings (SSSR count). The van der Waals surface area contributed by atoms with Gasteiger partial charge in [0.1, 0.15) is 6.04 Å². The van der Waals surface area contributed by atoms with Crippen molar-refractivity contribution in [1.29, 1.82) is 5.26 Å². The molecule has 0 radical (unpaired) electrons. The molecule has 2 heterocycles. The van der Waals surface area contributed by atoms with E-state index >= 15 is 0 Å². The summed E-state index contributed by atoms with van der Waals surface area (Å²) in [6.07, 6.45) is 0.356. The lowest BCUT2D eigenvalue weighted by molar-refractivity contribution is -0.714. The second-order valence-corrected chi connectivity index (χ2v) is 4.75. The number of fused-ring (bicyclic) bond motifs is 1. The smallest absolute Gasteiger partial charge is 0.334 e. The van der Waals surface area contributed by atoms with E-state index in [1.807, 2.05) is 0 Å². The van der Waals surface area contributed by atoms with Gasteiger partial charge in [-0.2, -0.15) is 9.83 Å². The number of nitrogens with zero attached hydrogens (tertiary/aromatic N) is 3. The SMILES string of the molecule is CC(=O)c1c(O)[n+](C)c2n1C(CC#N)CS2. The number of Topliss-reactive ketones (excluding diaryl/α,β-unsaturated/α-hetero) is 1. The first-order valence-electron chi connectivity index (χ1n) is 4.91. The quantitative estimate of drug-likeness (QED) is 0.610. The fourth-order valence-electron chi connectivity index (χ4n) is 1.95. The summed E-state index contributed by atoms with van der Waals surface area (Å²) < 4.78 is 3.38. The second-order valence-electron chi connectivity index (χ2n) is 3.77. The number of hydrogen-bond acceptors (Lipinski definition) is 4. The van der Waals surface area contributed by atoms with Crippen molar-refractivity contribution >= 4 is 17.5 Å². The number of nitriles is 1. The van der Waals surface area contributed by atoms with Gasteiger partial charge in [0.05, 0.1) is 19.5 Å². The summed E-state index contributed by atoms with van der Waals surface area (Å²) in [5.41, 5.74) is 0.308. The van der Waals surface area contributed by atoms with Gasteiger partial charge in [0.2, 0.25) is 5.78 Å². The maximum Gasteiger partial charge on any atom is 0.334 e. The molecule has 0 fully saturated rings. The van der Waals surface area contributed by atoms with Crippen LogP contribution < -0.4 is 4.57 Å². The fourth-order valence-corrected chi connectivity index (χ4v) is 3.22. The maximum absolute atomic E-state index is 11.5. The van der Waals surface area contributed by atoms with Crippen molar-refractivity contribution in [2.75, 3.05) is 5.75 Å². The molecule has 0 bridgehead atoms. The fraction of sp³-hybridized carbons (Fsp3) is 0.500. The average molecular weight is 238 g/mol. The van der Waals surface area contributed by atoms with Crippen molar-refractivity contribution in [3.05, 3.63) is 5.69 Å². The van der Waals surface area contributed by atoms with E-state index in [0.717, 1.165) is 10.9 Å². The molecule has 1 atom stereocenters. The van der Waals surface area contributed by atoms with Crippen molar-refractivity contribution in [2.45, 2.75) is 24.5 Å². The summed E-state index contributed by atoms with van der Waals surface area (Å²) in [6.45, 7) is 1.43. The Morgan fingerprint density at radius 1 is 1.81 bits per heavy atom. The normalized spacial score (nSPS) is 18.2. The zero-order valence-electron chi connectivity index (χ0n) is 9.10. The highest BCUT2D eigenvalue weighted by Crippen LogP contribution is 2.37. The minimum Gasteiger partial charge on any atom is -0.475 e. The van der Waals surface area contributed by atoms with Crippen LogP contribution in [0.4, 0.5) is 0 Å². The van der Waals surface area contributed by atoms with E-state index < -0.39 is 0 Å². The molecule has 0 spiro atoms. The van der Waals surface area contributed by atoms with E-state index in [-0.39, 0.29) is 17.7 Å². The Hall–Kier alpha value is -1.48. The van der Waals surface area contributed by atoms with Crippen LogP contribution in [-0.4, -0.2) is 21.2 Å². The van der Waals surface area contributed by atoms with Crippen LogP contribution in [-0.2, 0) is 7.05 Å². The molecule has 84 valence electrons. The molecule has 1 aromatic rings. The summed E-state index contributed by atoms with van der Waals surface area (Å²) in [5.74, 6) is 0.583. The van der Waals surface area contributed by atoms with Crippen LogP contribution in [0.3, 0.4) is 0 Å². The van der Waals surface area contributed by atoms with Crippen molar-refractivity contribution < 1.29 is 14.5 Å². The van der Waals surface area contributed by atoms with Crippen molar-refractivity contribution in [3.8, 4) is 11.9 Å². The molecule has 0 saturated heterocycles. The van der Waals surface area contributed by atoms with Gasteiger partial charge in [-0.15, -0.1) is 0 Å². The zero-order chi connectivity index (χ0) is 11.9. The third kappa shape index (κ3) is 1.39. The molecule has 5 nitrogen and oxygen atoms in total. The van der Waals surface area contributed by atoms with Gasteiger partial charge in [-0.3, -0.25) is 4.79 Å². The number of hydrogen-bond donors (Lipinski definition) is 1. The molecule has 1 aromatic heterocycles. The number of rotatable bonds is 2. The maximum atomic E-state index is 11.5. The molecule has 0 aliphatic carbocycles. The standard InChI is InChI=1S/C10H11N3O2S/c1-6(14)8-9(15)12(2)10-13(8)7(3-4-11)5-16-10/h7H,3,5H2,1-2H3/p+1. The summed E-state index contributed by atoms with van der Waals surface area (Å²) in [5, 5.41) is 19.4.